The number of esters is 9. The molecule has 3 aliphatic rings. The molecule has 3 heterocycles. The Bertz CT molecular complexity index is 3510. The van der Waals surface area contributed by atoms with Gasteiger partial charge in [0.2, 0.25) is 59.1 Å². The number of unbranched alkanes of at least 4 members (excludes halogenated alkanes) is 4. The monoisotopic (exact) mass is 1950 g/mol. The summed E-state index contributed by atoms with van der Waals surface area (Å²) in [6.45, 7) is 15.4. The minimum Gasteiger partial charge on any atom is -0.463 e. The number of Topliss-reactive ketones (excluding diaryl/α,β-unsaturated/α-hetero) is 1. The first-order chi connectivity index (χ1) is 64.5. The van der Waals surface area contributed by atoms with Crippen molar-refractivity contribution in [2.75, 3.05) is 119 Å². The van der Waals surface area contributed by atoms with Crippen molar-refractivity contribution >= 4 is 119 Å². The van der Waals surface area contributed by atoms with E-state index < -0.39 is 212 Å². The van der Waals surface area contributed by atoms with Crippen molar-refractivity contribution in [3.63, 3.8) is 0 Å². The van der Waals surface area contributed by atoms with Gasteiger partial charge in [0.15, 0.2) is 55.5 Å². The number of nitrogens with one attached hydrogen (secondary N) is 10. The number of ketones is 1. The van der Waals surface area contributed by atoms with Crippen LogP contribution < -0.4 is 53.2 Å². The van der Waals surface area contributed by atoms with Gasteiger partial charge in [-0.1, -0.05) is 13.8 Å². The Morgan fingerprint density at radius 2 is 0.507 bits per heavy atom. The van der Waals surface area contributed by atoms with Crippen LogP contribution in [0.1, 0.15) is 219 Å². The molecule has 0 saturated carbocycles. The summed E-state index contributed by atoms with van der Waals surface area (Å²) in [5.41, 5.74) is -1.52. The van der Waals surface area contributed by atoms with Crippen LogP contribution in [-0.2, 0) is 181 Å². The van der Waals surface area contributed by atoms with E-state index in [2.05, 4.69) is 53.2 Å². The summed E-state index contributed by atoms with van der Waals surface area (Å²) in [5, 5.41) is 27.5. The summed E-state index contributed by atoms with van der Waals surface area (Å²) in [4.78, 5) is 250. The maximum atomic E-state index is 13.9. The third-order valence-corrected chi connectivity index (χ3v) is 20.1. The minimum atomic E-state index is -1.52. The Hall–Kier alpha value is -10.8. The average molecular weight is 1950 g/mol. The molecule has 0 spiro atoms. The van der Waals surface area contributed by atoms with E-state index in [1.54, 1.807) is 13.8 Å². The highest BCUT2D eigenvalue weighted by atomic mass is 16.7. The highest BCUT2D eigenvalue weighted by molar-refractivity contribution is 5.82. The van der Waals surface area contributed by atoms with Gasteiger partial charge in [-0.05, 0) is 70.6 Å². The van der Waals surface area contributed by atoms with Crippen molar-refractivity contribution in [1.29, 1.82) is 0 Å². The van der Waals surface area contributed by atoms with Crippen LogP contribution >= 0.6 is 0 Å². The first kappa shape index (κ1) is 119. The van der Waals surface area contributed by atoms with Gasteiger partial charge in [0, 0.05) is 199 Å². The second-order valence-corrected chi connectivity index (χ2v) is 32.9. The van der Waals surface area contributed by atoms with Crippen LogP contribution in [0.5, 0.6) is 0 Å². The number of hydrogen-bond acceptors (Lipinski definition) is 38. The molecule has 15 atom stereocenters. The molecule has 0 aromatic rings. The first-order valence-corrected chi connectivity index (χ1v) is 45.7. The minimum absolute atomic E-state index is 0.0170. The molecule has 136 heavy (non-hydrogen) atoms. The average Bonchev–Trinajstić information content (AvgIpc) is 0.793. The summed E-state index contributed by atoms with van der Waals surface area (Å²) < 4.78 is 102. The van der Waals surface area contributed by atoms with E-state index in [0.29, 0.717) is 70.6 Å². The van der Waals surface area contributed by atoms with Gasteiger partial charge in [0.05, 0.1) is 39.6 Å². The van der Waals surface area contributed by atoms with Crippen LogP contribution in [0.15, 0.2) is 0 Å². The molecular weight excluding hydrogens is 1800 g/mol. The molecule has 3 fully saturated rings. The van der Waals surface area contributed by atoms with Gasteiger partial charge in [0.25, 0.3) is 0 Å². The number of rotatable bonds is 67. The van der Waals surface area contributed by atoms with Gasteiger partial charge < -0.3 is 138 Å². The van der Waals surface area contributed by atoms with Gasteiger partial charge in [-0.2, -0.15) is 0 Å². The summed E-state index contributed by atoms with van der Waals surface area (Å²) >= 11 is 0. The van der Waals surface area contributed by atoms with Gasteiger partial charge in [-0.15, -0.1) is 0 Å². The van der Waals surface area contributed by atoms with Crippen molar-refractivity contribution in [2.24, 2.45) is 5.92 Å². The molecule has 3 saturated heterocycles. The molecule has 3 rings (SSSR count). The van der Waals surface area contributed by atoms with Crippen LogP contribution in [0.2, 0.25) is 0 Å². The van der Waals surface area contributed by atoms with E-state index in [1.165, 1.54) is 20.8 Å². The fraction of sp³-hybridized carbons (Fsp3) is 0.773. The second kappa shape index (κ2) is 66.7. The Balaban J connectivity index is 1.64. The van der Waals surface area contributed by atoms with Crippen LogP contribution in [0.4, 0.5) is 0 Å². The fourth-order valence-corrected chi connectivity index (χ4v) is 14.0. The Morgan fingerprint density at radius 3 is 0.750 bits per heavy atom. The molecule has 0 radical (unpaired) electrons. The highest BCUT2D eigenvalue weighted by Gasteiger charge is 2.55. The number of ether oxygens (including phenoxy) is 18. The van der Waals surface area contributed by atoms with Crippen LogP contribution in [0, 0.1) is 5.92 Å². The van der Waals surface area contributed by atoms with Crippen molar-refractivity contribution < 1.29 is 181 Å². The Morgan fingerprint density at radius 1 is 0.272 bits per heavy atom. The third-order valence-electron chi connectivity index (χ3n) is 20.1. The van der Waals surface area contributed by atoms with Gasteiger partial charge in [-0.25, -0.2) is 0 Å². The zero-order chi connectivity index (χ0) is 101. The lowest BCUT2D eigenvalue weighted by molar-refractivity contribution is -0.277. The van der Waals surface area contributed by atoms with Crippen molar-refractivity contribution in [1.82, 2.24) is 53.2 Å². The molecule has 10 amide bonds. The third kappa shape index (κ3) is 52.0. The predicted octanol–water partition coefficient (Wildman–Crippen LogP) is -0.756. The Kier molecular flexibility index (Phi) is 58.5. The highest BCUT2D eigenvalue weighted by Crippen LogP contribution is 2.32. The predicted molar refractivity (Wildman–Crippen MR) is 469 cm³/mol. The molecule has 48 nitrogen and oxygen atoms in total. The SMILES string of the molecule is CC(=O)NC1C(OCCCCC(=O)NCCCNC(=O)CCOCC(COCCC(=O)NCCCNC(=O)CCCCOC2OC(COC(C)=O)C(OC(C)=O)C(OC(C)=O)C2NC(C)=O)(COCCC(=O)NCCCNC(=O)CCCCOC2OC(COC(C)=O)C(OC(C)=O)C(OC(C)=O)C2NC(C)=O)NC(=O)CCCCC(=O)C(C)C)OC(COC(C)=O)C(OC(C)=O)C1OC(C)=O. The van der Waals surface area contributed by atoms with Gasteiger partial charge >= 0.3 is 53.7 Å². The smallest absolute Gasteiger partial charge is 0.303 e. The van der Waals surface area contributed by atoms with Crippen LogP contribution in [0.3, 0.4) is 0 Å². The largest absolute Gasteiger partial charge is 0.463 e. The second-order valence-electron chi connectivity index (χ2n) is 32.9. The van der Waals surface area contributed by atoms with E-state index in [9.17, 15) is 95.9 Å². The molecule has 772 valence electrons. The van der Waals surface area contributed by atoms with Gasteiger partial charge in [-0.3, -0.25) is 95.9 Å². The molecule has 10 N–H and O–H groups in total. The van der Waals surface area contributed by atoms with Crippen LogP contribution in [0.25, 0.3) is 0 Å². The van der Waals surface area contributed by atoms with Crippen molar-refractivity contribution in [3.05, 3.63) is 0 Å². The number of carbonyl (C=O) groups excluding carboxylic acids is 20. The topological polar surface area (TPSA) is 628 Å². The molecule has 3 aliphatic heterocycles. The summed E-state index contributed by atoms with van der Waals surface area (Å²) in [7, 11) is 0. The molecule has 48 heteroatoms. The standard InChI is InChI=1S/C88H142N10O38/c1-52(2)65(111)26-15-16-30-75(118)98-88(49-119-43-31-72(115)92-37-23-34-89-69(112)27-17-20-40-122-85-76(95-53(3)99)82(131-62(12)108)79(128-59(9)105)66(134-85)46-125-56(6)102,50-120-44-32-73(116)93-38-24-35-90-70(113)28-18-21-41-123-86-77(96-54(4)100)83(132-63(13)109)80(129-60(10)106)67(135-86)47-126-57(7)103)51-121-45-33-74(117)94-39-25-36-91-71(114)29-19-22-42-124-87-78(97-55(5)101)84(133-64(14)110)81(130-61(11)107)68(136-87)48-127-58(8)104/h52,66-68,76-87H,15-51H2,1-14H3,(H,89,112)(H,90,113)(H,91,114)(H,92,115)(H,93,116)(H,94,117)(H,95,99)(H,96,100)(H,97,101)(H,98,118). The van der Waals surface area contributed by atoms with Crippen molar-refractivity contribution in [3.8, 4) is 0 Å². The Labute approximate surface area is 790 Å². The molecule has 15 unspecified atom stereocenters. The zero-order valence-corrected chi connectivity index (χ0v) is 80.4. The zero-order valence-electron chi connectivity index (χ0n) is 80.4. The number of carbonyl (C=O) groups is 20. The summed E-state index contributed by atoms with van der Waals surface area (Å²) in [5.74, 6) is -11.2. The maximum absolute atomic E-state index is 13.9. The van der Waals surface area contributed by atoms with E-state index in [4.69, 9.17) is 85.3 Å². The fourth-order valence-electron chi connectivity index (χ4n) is 14.0. The maximum Gasteiger partial charge on any atom is 0.303 e. The molecule has 0 aromatic heterocycles. The normalized spacial score (nSPS) is 21.5. The van der Waals surface area contributed by atoms with Gasteiger partial charge in [0.1, 0.15) is 67.6 Å². The van der Waals surface area contributed by atoms with E-state index in [0.717, 1.165) is 62.3 Å². The van der Waals surface area contributed by atoms with E-state index >= 15 is 0 Å². The number of amides is 10. The van der Waals surface area contributed by atoms with Crippen molar-refractivity contribution in [2.45, 2.75) is 316 Å². The summed E-state index contributed by atoms with van der Waals surface area (Å²) in [6.07, 6.45) is -11.8. The summed E-state index contributed by atoms with van der Waals surface area (Å²) in [6, 6.07) is -3.52. The van der Waals surface area contributed by atoms with E-state index in [-0.39, 0.29) is 180 Å². The number of hydrogen-bond donors (Lipinski definition) is 10. The first-order valence-electron chi connectivity index (χ1n) is 45.7. The molecular formula is C88H142N10O38. The lowest BCUT2D eigenvalue weighted by Gasteiger charge is -2.44. The van der Waals surface area contributed by atoms with Crippen LogP contribution in [-0.4, -0.2) is 335 Å². The molecule has 0 aromatic carbocycles. The molecule has 0 aliphatic carbocycles. The van der Waals surface area contributed by atoms with E-state index in [1.807, 2.05) is 0 Å². The lowest BCUT2D eigenvalue weighted by atomic mass is 9.96. The molecule has 0 bridgehead atoms. The quantitative estimate of drug-likeness (QED) is 0.0203. The lowest BCUT2D eigenvalue weighted by Crippen LogP contribution is -2.66.